The highest BCUT2D eigenvalue weighted by atomic mass is 32.2. The molecule has 1 saturated heterocycles. The predicted molar refractivity (Wildman–Crippen MR) is 142 cm³/mol. The number of amides is 2. The Labute approximate surface area is 210 Å². The number of anilines is 1. The van der Waals surface area contributed by atoms with Crippen molar-refractivity contribution in [2.45, 2.75) is 39.2 Å². The van der Waals surface area contributed by atoms with Crippen molar-refractivity contribution in [3.8, 4) is 0 Å². The van der Waals surface area contributed by atoms with Gasteiger partial charge in [-0.2, -0.15) is 0 Å². The summed E-state index contributed by atoms with van der Waals surface area (Å²) in [5.74, 6) is -0.0232. The van der Waals surface area contributed by atoms with Crippen molar-refractivity contribution in [2.24, 2.45) is 4.99 Å². The maximum atomic E-state index is 13.3. The number of carbonyl (C=O) groups excluding carboxylic acids is 2. The minimum atomic E-state index is -3.08. The van der Waals surface area contributed by atoms with Crippen LogP contribution in [0, 0.1) is 6.92 Å². The first kappa shape index (κ1) is 25.2. The summed E-state index contributed by atoms with van der Waals surface area (Å²) in [6.07, 6.45) is 2.18. The van der Waals surface area contributed by atoms with Crippen LogP contribution < -0.4 is 10.2 Å². The van der Waals surface area contributed by atoms with Gasteiger partial charge in [-0.3, -0.25) is 14.5 Å². The molecule has 2 aromatic carbocycles. The third-order valence-electron chi connectivity index (χ3n) is 5.96. The van der Waals surface area contributed by atoms with Crippen molar-refractivity contribution in [1.29, 1.82) is 0 Å². The van der Waals surface area contributed by atoms with Gasteiger partial charge in [0.2, 0.25) is 5.91 Å². The fourth-order valence-corrected chi connectivity index (χ4v) is 6.46. The molecule has 2 aliphatic rings. The van der Waals surface area contributed by atoms with E-state index in [2.05, 4.69) is 24.2 Å². The molecule has 35 heavy (non-hydrogen) atoms. The molecule has 0 spiro atoms. The molecule has 0 bridgehead atoms. The van der Waals surface area contributed by atoms with E-state index in [9.17, 15) is 18.0 Å². The second-order valence-electron chi connectivity index (χ2n) is 9.18. The van der Waals surface area contributed by atoms with Crippen molar-refractivity contribution in [2.75, 3.05) is 22.2 Å². The molecule has 0 aromatic heterocycles. The van der Waals surface area contributed by atoms with Crippen molar-refractivity contribution in [1.82, 2.24) is 5.32 Å². The van der Waals surface area contributed by atoms with Crippen LogP contribution in [-0.2, 0) is 19.4 Å². The third kappa shape index (κ3) is 6.21. The highest BCUT2D eigenvalue weighted by Gasteiger charge is 2.33. The maximum Gasteiger partial charge on any atom is 0.283 e. The number of hydrogen-bond donors (Lipinski definition) is 1. The van der Waals surface area contributed by atoms with Crippen LogP contribution in [0.15, 0.2) is 59.2 Å². The van der Waals surface area contributed by atoms with Crippen LogP contribution in [0.25, 0.3) is 6.08 Å². The zero-order valence-electron chi connectivity index (χ0n) is 20.0. The number of sulfone groups is 1. The van der Waals surface area contributed by atoms with E-state index in [0.717, 1.165) is 22.9 Å². The molecule has 2 heterocycles. The van der Waals surface area contributed by atoms with E-state index >= 15 is 0 Å². The Morgan fingerprint density at radius 3 is 2.46 bits per heavy atom. The minimum Gasteiger partial charge on any atom is -0.352 e. The first-order valence-electron chi connectivity index (χ1n) is 11.6. The van der Waals surface area contributed by atoms with E-state index < -0.39 is 9.84 Å². The van der Waals surface area contributed by atoms with Gasteiger partial charge in [-0.25, -0.2) is 13.4 Å². The van der Waals surface area contributed by atoms with E-state index in [4.69, 9.17) is 0 Å². The summed E-state index contributed by atoms with van der Waals surface area (Å²) in [5, 5.41) is 3.20. The normalized spacial score (nSPS) is 20.5. The lowest BCUT2D eigenvalue weighted by molar-refractivity contribution is -0.119. The minimum absolute atomic E-state index is 0.0270. The van der Waals surface area contributed by atoms with Gasteiger partial charge in [0.05, 0.1) is 22.9 Å². The number of benzene rings is 2. The van der Waals surface area contributed by atoms with Crippen LogP contribution >= 0.6 is 11.8 Å². The Morgan fingerprint density at radius 2 is 1.86 bits per heavy atom. The van der Waals surface area contributed by atoms with Gasteiger partial charge in [0.1, 0.15) is 5.70 Å². The Morgan fingerprint density at radius 1 is 1.17 bits per heavy atom. The number of nitrogens with zero attached hydrogens (tertiary/aromatic N) is 2. The molecule has 1 fully saturated rings. The average Bonchev–Trinajstić information content (AvgIpc) is 3.31. The number of nitrogens with one attached hydrogen (secondary N) is 1. The first-order chi connectivity index (χ1) is 16.6. The van der Waals surface area contributed by atoms with Crippen molar-refractivity contribution < 1.29 is 18.0 Å². The summed E-state index contributed by atoms with van der Waals surface area (Å²) < 4.78 is 23.3. The monoisotopic (exact) mass is 511 g/mol. The largest absolute Gasteiger partial charge is 0.352 e. The van der Waals surface area contributed by atoms with Crippen LogP contribution in [0.2, 0.25) is 0 Å². The van der Waals surface area contributed by atoms with Gasteiger partial charge in [0, 0.05) is 6.04 Å². The summed E-state index contributed by atoms with van der Waals surface area (Å²) in [7, 11) is -3.08. The molecule has 0 aliphatic carbocycles. The second-order valence-corrected chi connectivity index (χ2v) is 12.3. The van der Waals surface area contributed by atoms with Gasteiger partial charge >= 0.3 is 0 Å². The topological polar surface area (TPSA) is 95.9 Å². The van der Waals surface area contributed by atoms with Crippen molar-refractivity contribution in [3.63, 3.8) is 0 Å². The number of rotatable bonds is 6. The zero-order valence-corrected chi connectivity index (χ0v) is 21.7. The van der Waals surface area contributed by atoms with E-state index in [-0.39, 0.29) is 35.1 Å². The molecule has 4 rings (SSSR count). The molecular formula is C26H29N3O4S2. The summed E-state index contributed by atoms with van der Waals surface area (Å²) in [5.41, 5.74) is 4.13. The van der Waals surface area contributed by atoms with Crippen LogP contribution in [0.1, 0.15) is 42.9 Å². The standard InChI is InChI=1S/C26H29N3O4S2/c1-17(2)20-8-6-19(7-9-20)14-23-25(31)29(22-10-4-18(3)5-11-22)26(28-23)34-15-24(30)27-21-12-13-35(32,33)16-21/h4-11,14,17,21H,12-13,15-16H2,1-3H3,(H,27,30)/b23-14-. The number of hydrogen-bond acceptors (Lipinski definition) is 6. The first-order valence-corrected chi connectivity index (χ1v) is 14.4. The average molecular weight is 512 g/mol. The van der Waals surface area contributed by atoms with Gasteiger partial charge in [-0.05, 0) is 48.6 Å². The predicted octanol–water partition coefficient (Wildman–Crippen LogP) is 3.90. The number of carbonyl (C=O) groups is 2. The van der Waals surface area contributed by atoms with Gasteiger partial charge < -0.3 is 5.32 Å². The van der Waals surface area contributed by atoms with Gasteiger partial charge in [-0.1, -0.05) is 67.6 Å². The summed E-state index contributed by atoms with van der Waals surface area (Å²) in [4.78, 5) is 31.9. The van der Waals surface area contributed by atoms with Crippen LogP contribution in [-0.4, -0.2) is 48.7 Å². The van der Waals surface area contributed by atoms with E-state index in [1.807, 2.05) is 55.5 Å². The molecule has 7 nitrogen and oxygen atoms in total. The highest BCUT2D eigenvalue weighted by molar-refractivity contribution is 8.14. The third-order valence-corrected chi connectivity index (χ3v) is 8.66. The fraction of sp³-hybridized carbons (Fsp3) is 0.346. The summed E-state index contributed by atoms with van der Waals surface area (Å²) >= 11 is 1.16. The van der Waals surface area contributed by atoms with Crippen molar-refractivity contribution in [3.05, 3.63) is 70.9 Å². The molecule has 9 heteroatoms. The quantitative estimate of drug-likeness (QED) is 0.594. The van der Waals surface area contributed by atoms with E-state index in [1.165, 1.54) is 10.5 Å². The van der Waals surface area contributed by atoms with Crippen molar-refractivity contribution >= 4 is 50.3 Å². The molecule has 1 unspecified atom stereocenters. The van der Waals surface area contributed by atoms with Crippen LogP contribution in [0.3, 0.4) is 0 Å². The lowest BCUT2D eigenvalue weighted by Gasteiger charge is -2.18. The second kappa shape index (κ2) is 10.4. The molecule has 184 valence electrons. The molecule has 0 saturated carbocycles. The highest BCUT2D eigenvalue weighted by Crippen LogP contribution is 2.30. The number of amidine groups is 1. The van der Waals surface area contributed by atoms with E-state index in [1.54, 1.807) is 6.08 Å². The lowest BCUT2D eigenvalue weighted by atomic mass is 10.0. The lowest BCUT2D eigenvalue weighted by Crippen LogP contribution is -2.37. The zero-order chi connectivity index (χ0) is 25.2. The SMILES string of the molecule is Cc1ccc(N2C(=O)/C(=C/c3ccc(C(C)C)cc3)N=C2SCC(=O)NC2CCS(=O)(=O)C2)cc1. The summed E-state index contributed by atoms with van der Waals surface area (Å²) in [6, 6.07) is 15.2. The summed E-state index contributed by atoms with van der Waals surface area (Å²) in [6.45, 7) is 6.23. The molecule has 2 amide bonds. The Hall–Kier alpha value is -2.91. The van der Waals surface area contributed by atoms with Crippen LogP contribution in [0.4, 0.5) is 5.69 Å². The Bertz CT molecular complexity index is 1280. The molecular weight excluding hydrogens is 482 g/mol. The molecule has 0 radical (unpaired) electrons. The van der Waals surface area contributed by atoms with Gasteiger partial charge in [-0.15, -0.1) is 0 Å². The Kier molecular flexibility index (Phi) is 7.47. The van der Waals surface area contributed by atoms with Gasteiger partial charge in [0.25, 0.3) is 5.91 Å². The number of aryl methyl sites for hydroxylation is 1. The van der Waals surface area contributed by atoms with E-state index in [0.29, 0.717) is 28.9 Å². The maximum absolute atomic E-state index is 13.3. The van der Waals surface area contributed by atoms with Crippen LogP contribution in [0.5, 0.6) is 0 Å². The molecule has 2 aliphatic heterocycles. The number of thioether (sulfide) groups is 1. The Balaban J connectivity index is 1.53. The fourth-order valence-electron chi connectivity index (χ4n) is 3.96. The molecule has 1 N–H and O–H groups in total. The number of aliphatic imine (C=N–C) groups is 1. The van der Waals surface area contributed by atoms with Gasteiger partial charge in [0.15, 0.2) is 15.0 Å². The molecule has 2 aromatic rings. The smallest absolute Gasteiger partial charge is 0.283 e. The molecule has 1 atom stereocenters.